The predicted octanol–water partition coefficient (Wildman–Crippen LogP) is -2.25. The summed E-state index contributed by atoms with van der Waals surface area (Å²) in [7, 11) is 0. The number of aliphatic hydroxyl groups excluding tert-OH is 5. The molecule has 0 unspecified atom stereocenters. The third-order valence-electron chi connectivity index (χ3n) is 6.79. The van der Waals surface area contributed by atoms with Crippen molar-refractivity contribution in [3.63, 3.8) is 0 Å². The van der Waals surface area contributed by atoms with E-state index in [1.54, 1.807) is 6.07 Å². The number of H-pyrrole nitrogens is 1. The van der Waals surface area contributed by atoms with Gasteiger partial charge in [0.15, 0.2) is 12.5 Å². The van der Waals surface area contributed by atoms with Gasteiger partial charge >= 0.3 is 5.69 Å². The van der Waals surface area contributed by atoms with Gasteiger partial charge in [-0.2, -0.15) is 0 Å². The van der Waals surface area contributed by atoms with Crippen LogP contribution in [0.4, 0.5) is 0 Å². The van der Waals surface area contributed by atoms with Gasteiger partial charge < -0.3 is 44.5 Å². The largest absolute Gasteiger partial charge is 0.394 e. The lowest BCUT2D eigenvalue weighted by molar-refractivity contribution is -0.313. The average molecular weight is 548 g/mol. The summed E-state index contributed by atoms with van der Waals surface area (Å²) < 4.78 is 23.4. The highest BCUT2D eigenvalue weighted by Crippen LogP contribution is 2.30. The Hall–Kier alpha value is -3.05. The van der Waals surface area contributed by atoms with E-state index in [4.69, 9.17) is 18.9 Å². The Bertz CT molecular complexity index is 1400. The molecule has 0 saturated carbocycles. The molecule has 4 heterocycles. The molecule has 2 aliphatic rings. The Morgan fingerprint density at radius 1 is 0.897 bits per heavy atom. The van der Waals surface area contributed by atoms with Crippen LogP contribution in [0.15, 0.2) is 58.3 Å². The minimum atomic E-state index is -1.59. The van der Waals surface area contributed by atoms with E-state index in [2.05, 4.69) is 4.98 Å². The van der Waals surface area contributed by atoms with Crippen molar-refractivity contribution in [2.75, 3.05) is 13.2 Å². The van der Waals surface area contributed by atoms with Crippen LogP contribution in [0.25, 0.3) is 10.9 Å². The quantitative estimate of drug-likeness (QED) is 0.177. The maximum Gasteiger partial charge on any atom is 0.330 e. The number of nitrogens with one attached hydrogen (secondary N) is 1. The normalized spacial score (nSPS) is 33.0. The minimum Gasteiger partial charge on any atom is -0.394 e. The Morgan fingerprint density at radius 3 is 2.46 bits per heavy atom. The van der Waals surface area contributed by atoms with Crippen LogP contribution in [-0.2, 0) is 25.6 Å². The molecule has 0 amide bonds. The van der Waals surface area contributed by atoms with Crippen LogP contribution in [0, 0.1) is 0 Å². The molecule has 0 radical (unpaired) electrons. The van der Waals surface area contributed by atoms with Crippen molar-refractivity contribution >= 4 is 10.9 Å². The van der Waals surface area contributed by atoms with Crippen LogP contribution < -0.4 is 11.2 Å². The summed E-state index contributed by atoms with van der Waals surface area (Å²) in [5.74, 6) is 0. The number of rotatable bonds is 8. The molecule has 14 nitrogen and oxygen atoms in total. The van der Waals surface area contributed by atoms with E-state index in [-0.39, 0.29) is 6.61 Å². The van der Waals surface area contributed by atoms with E-state index in [1.165, 1.54) is 0 Å². The van der Waals surface area contributed by atoms with Crippen LogP contribution in [0.2, 0.25) is 0 Å². The molecule has 2 saturated heterocycles. The van der Waals surface area contributed by atoms with Crippen LogP contribution in [0.3, 0.4) is 0 Å². The Labute approximate surface area is 220 Å². The highest BCUT2D eigenvalue weighted by molar-refractivity contribution is 5.78. The molecule has 0 aliphatic carbocycles. The first kappa shape index (κ1) is 27.5. The molecule has 210 valence electrons. The summed E-state index contributed by atoms with van der Waals surface area (Å²) in [5.41, 5.74) is -0.140. The van der Waals surface area contributed by atoms with Gasteiger partial charge in [0.05, 0.1) is 31.0 Å². The van der Waals surface area contributed by atoms with Gasteiger partial charge in [0.2, 0.25) is 0 Å². The molecule has 2 aromatic heterocycles. The number of hydrogen-bond donors (Lipinski definition) is 6. The Balaban J connectivity index is 1.20. The number of aliphatic hydroxyl groups is 5. The molecule has 2 fully saturated rings. The summed E-state index contributed by atoms with van der Waals surface area (Å²) >= 11 is 0. The highest BCUT2D eigenvalue weighted by atomic mass is 16.7. The molecule has 39 heavy (non-hydrogen) atoms. The number of nitrogens with zero attached hydrogens (tertiary/aromatic N) is 2. The third-order valence-corrected chi connectivity index (χ3v) is 6.79. The van der Waals surface area contributed by atoms with Gasteiger partial charge in [0.25, 0.3) is 5.56 Å². The molecule has 1 aromatic carbocycles. The van der Waals surface area contributed by atoms with Crippen LogP contribution in [0.1, 0.15) is 11.9 Å². The molecule has 0 bridgehead atoms. The monoisotopic (exact) mass is 547 g/mol. The second-order valence-corrected chi connectivity index (χ2v) is 9.37. The van der Waals surface area contributed by atoms with Crippen molar-refractivity contribution in [2.24, 2.45) is 0 Å². The zero-order valence-electron chi connectivity index (χ0n) is 20.5. The maximum absolute atomic E-state index is 12.1. The van der Waals surface area contributed by atoms with Crippen molar-refractivity contribution in [1.82, 2.24) is 14.5 Å². The van der Waals surface area contributed by atoms with E-state index in [1.807, 2.05) is 35.3 Å². The SMILES string of the molecule is O=c1ccn([C@@H]2O[C@H](CO[C@@H]3O[C@@H](CO)[C@@H](OCc4ccc5ccccc5n4)[C@H](O)[C@@H]3O)[C@@H](O)[C@H]2O)c(=O)[nH]1. The first-order valence-electron chi connectivity index (χ1n) is 12.3. The van der Waals surface area contributed by atoms with Crippen molar-refractivity contribution in [3.8, 4) is 0 Å². The average Bonchev–Trinajstić information content (AvgIpc) is 3.21. The Morgan fingerprint density at radius 2 is 1.69 bits per heavy atom. The Kier molecular flexibility index (Phi) is 8.18. The number of benzene rings is 1. The smallest absolute Gasteiger partial charge is 0.330 e. The second kappa shape index (κ2) is 11.6. The highest BCUT2D eigenvalue weighted by Gasteiger charge is 2.48. The number of ether oxygens (including phenoxy) is 4. The van der Waals surface area contributed by atoms with Crippen molar-refractivity contribution in [2.45, 2.75) is 61.9 Å². The molecule has 3 aromatic rings. The first-order chi connectivity index (χ1) is 18.8. The number of hydrogen-bond acceptors (Lipinski definition) is 12. The number of pyridine rings is 1. The van der Waals surface area contributed by atoms with E-state index < -0.39 is 79.7 Å². The first-order valence-corrected chi connectivity index (χ1v) is 12.3. The summed E-state index contributed by atoms with van der Waals surface area (Å²) in [6, 6.07) is 12.2. The second-order valence-electron chi connectivity index (χ2n) is 9.37. The van der Waals surface area contributed by atoms with Gasteiger partial charge in [0.1, 0.15) is 42.7 Å². The van der Waals surface area contributed by atoms with Gasteiger partial charge in [-0.25, -0.2) is 4.79 Å². The summed E-state index contributed by atoms with van der Waals surface area (Å²) in [5, 5.41) is 53.0. The lowest BCUT2D eigenvalue weighted by Gasteiger charge is -2.41. The van der Waals surface area contributed by atoms with Gasteiger partial charge in [-0.3, -0.25) is 19.3 Å². The van der Waals surface area contributed by atoms with Crippen LogP contribution in [0.5, 0.6) is 0 Å². The standard InChI is InChI=1S/C25H29N3O11/c29-9-15-22(36-10-13-6-5-12-3-1-2-4-14(12)26-13)19(32)21(34)24(39-15)37-11-16-18(31)20(33)23(38-16)28-8-7-17(30)27-25(28)35/h1-8,15-16,18-24,29,31-34H,9-11H2,(H,27,30,35)/t15-,16+,18+,19+,20+,21-,22+,23+,24+/m0/s1. The van der Waals surface area contributed by atoms with E-state index in [0.29, 0.717) is 5.69 Å². The van der Waals surface area contributed by atoms with Gasteiger partial charge in [0, 0.05) is 17.6 Å². The molecule has 9 atom stereocenters. The van der Waals surface area contributed by atoms with Crippen LogP contribution >= 0.6 is 0 Å². The fourth-order valence-corrected chi connectivity index (χ4v) is 4.68. The molecular formula is C25H29N3O11. The molecule has 0 spiro atoms. The molecule has 2 aliphatic heterocycles. The lowest BCUT2D eigenvalue weighted by atomic mass is 9.99. The van der Waals surface area contributed by atoms with Crippen molar-refractivity contribution in [1.29, 1.82) is 0 Å². The van der Waals surface area contributed by atoms with Gasteiger partial charge in [-0.05, 0) is 12.1 Å². The van der Waals surface area contributed by atoms with E-state index in [9.17, 15) is 35.1 Å². The topological polar surface area (TPSA) is 206 Å². The summed E-state index contributed by atoms with van der Waals surface area (Å²) in [6.45, 7) is -0.986. The molecule has 14 heteroatoms. The van der Waals surface area contributed by atoms with Crippen LogP contribution in [-0.4, -0.2) is 102 Å². The van der Waals surface area contributed by atoms with Crippen molar-refractivity contribution < 1.29 is 44.5 Å². The van der Waals surface area contributed by atoms with Gasteiger partial charge in [-0.15, -0.1) is 0 Å². The van der Waals surface area contributed by atoms with Crippen molar-refractivity contribution in [3.05, 3.63) is 75.2 Å². The summed E-state index contributed by atoms with van der Waals surface area (Å²) in [4.78, 5) is 29.9. The summed E-state index contributed by atoms with van der Waals surface area (Å²) in [6.07, 6.45) is -11.1. The fourth-order valence-electron chi connectivity index (χ4n) is 4.68. The number of aromatic nitrogens is 3. The number of aromatic amines is 1. The van der Waals surface area contributed by atoms with E-state index >= 15 is 0 Å². The zero-order chi connectivity index (χ0) is 27.7. The van der Waals surface area contributed by atoms with E-state index in [0.717, 1.165) is 27.7 Å². The zero-order valence-corrected chi connectivity index (χ0v) is 20.5. The fraction of sp³-hybridized carbons (Fsp3) is 0.480. The molecule has 6 N–H and O–H groups in total. The number of fused-ring (bicyclic) bond motifs is 1. The third kappa shape index (κ3) is 5.65. The number of para-hydroxylation sites is 1. The molecular weight excluding hydrogens is 518 g/mol. The lowest BCUT2D eigenvalue weighted by Crippen LogP contribution is -2.60. The van der Waals surface area contributed by atoms with Gasteiger partial charge in [-0.1, -0.05) is 24.3 Å². The molecule has 5 rings (SSSR count). The maximum atomic E-state index is 12.1. The minimum absolute atomic E-state index is 0.0177. The predicted molar refractivity (Wildman–Crippen MR) is 131 cm³/mol.